The maximum absolute atomic E-state index is 12.6. The van der Waals surface area contributed by atoms with Crippen molar-refractivity contribution in [1.82, 2.24) is 0 Å². The van der Waals surface area contributed by atoms with E-state index in [2.05, 4.69) is 32.7 Å². The number of carbonyl (C=O) groups excluding carboxylic acids is 1. The maximum atomic E-state index is 12.6. The number of unbranched alkanes of at least 4 members (excludes halogenated alkanes) is 11. The summed E-state index contributed by atoms with van der Waals surface area (Å²) in [5.74, 6) is 1.05. The molecule has 0 aliphatic carbocycles. The number of hydrogen-bond donors (Lipinski definition) is 0. The van der Waals surface area contributed by atoms with Gasteiger partial charge in [-0.1, -0.05) is 110 Å². The highest BCUT2D eigenvalue weighted by Crippen LogP contribution is 2.25. The Labute approximate surface area is 254 Å². The van der Waals surface area contributed by atoms with Crippen LogP contribution in [0.4, 0.5) is 5.69 Å². The van der Waals surface area contributed by atoms with Crippen molar-refractivity contribution in [2.45, 2.75) is 110 Å². The molecular weight excluding hydrogens is 518 g/mol. The molecule has 226 valence electrons. The molecule has 0 atom stereocenters. The van der Waals surface area contributed by atoms with Crippen molar-refractivity contribution in [3.63, 3.8) is 0 Å². The fraction of sp³-hybridized carbons (Fsp3) is 0.474. The van der Waals surface area contributed by atoms with Crippen LogP contribution >= 0.6 is 0 Å². The molecule has 4 heteroatoms. The van der Waals surface area contributed by atoms with E-state index in [-0.39, 0.29) is 11.4 Å². The molecule has 0 saturated carbocycles. The predicted molar refractivity (Wildman–Crippen MR) is 177 cm³/mol. The van der Waals surface area contributed by atoms with Gasteiger partial charge in [-0.25, -0.2) is 4.79 Å². The summed E-state index contributed by atoms with van der Waals surface area (Å²) >= 11 is 0. The summed E-state index contributed by atoms with van der Waals surface area (Å²) < 4.78 is 11.5. The second-order valence-corrected chi connectivity index (χ2v) is 12.3. The fourth-order valence-electron chi connectivity index (χ4n) is 4.80. The number of aliphatic imine (C=N–C) groups is 1. The first kappa shape index (κ1) is 33.1. The van der Waals surface area contributed by atoms with Crippen LogP contribution in [0.3, 0.4) is 0 Å². The molecule has 0 aliphatic heterocycles. The minimum absolute atomic E-state index is 0.0560. The minimum atomic E-state index is -0.381. The number of hydrogen-bond acceptors (Lipinski definition) is 4. The van der Waals surface area contributed by atoms with E-state index < -0.39 is 0 Å². The maximum Gasteiger partial charge on any atom is 0.343 e. The van der Waals surface area contributed by atoms with Crippen molar-refractivity contribution >= 4 is 17.9 Å². The lowest BCUT2D eigenvalue weighted by molar-refractivity contribution is 0.0734. The Balaban J connectivity index is 1.31. The van der Waals surface area contributed by atoms with Crippen molar-refractivity contribution in [1.29, 1.82) is 0 Å². The Morgan fingerprint density at radius 3 is 1.74 bits per heavy atom. The molecule has 3 aromatic carbocycles. The summed E-state index contributed by atoms with van der Waals surface area (Å²) in [5.41, 5.74) is 3.51. The van der Waals surface area contributed by atoms with Crippen LogP contribution in [0.2, 0.25) is 0 Å². The Kier molecular flexibility index (Phi) is 14.3. The lowest BCUT2D eigenvalue weighted by Gasteiger charge is -2.19. The van der Waals surface area contributed by atoms with Crippen molar-refractivity contribution < 1.29 is 14.3 Å². The van der Waals surface area contributed by atoms with Gasteiger partial charge >= 0.3 is 5.97 Å². The van der Waals surface area contributed by atoms with Crippen LogP contribution in [0.5, 0.6) is 11.5 Å². The molecule has 0 heterocycles. The van der Waals surface area contributed by atoms with Gasteiger partial charge in [0.05, 0.1) is 17.9 Å². The Bertz CT molecular complexity index is 1190. The zero-order valence-electron chi connectivity index (χ0n) is 26.4. The molecule has 0 aliphatic rings. The second kappa shape index (κ2) is 18.2. The van der Waals surface area contributed by atoms with Gasteiger partial charge in [-0.05, 0) is 83.6 Å². The van der Waals surface area contributed by atoms with E-state index in [4.69, 9.17) is 9.47 Å². The van der Waals surface area contributed by atoms with Crippen molar-refractivity contribution in [2.75, 3.05) is 6.61 Å². The van der Waals surface area contributed by atoms with Gasteiger partial charge in [-0.2, -0.15) is 0 Å². The van der Waals surface area contributed by atoms with Gasteiger partial charge in [0.1, 0.15) is 11.5 Å². The number of carbonyl (C=O) groups is 1. The molecule has 0 spiro atoms. The van der Waals surface area contributed by atoms with Gasteiger partial charge in [0, 0.05) is 6.21 Å². The first-order valence-corrected chi connectivity index (χ1v) is 16.0. The van der Waals surface area contributed by atoms with Crippen LogP contribution < -0.4 is 9.47 Å². The highest BCUT2D eigenvalue weighted by atomic mass is 16.5. The van der Waals surface area contributed by atoms with E-state index in [1.165, 1.54) is 76.2 Å². The molecule has 3 rings (SSSR count). The van der Waals surface area contributed by atoms with E-state index in [0.29, 0.717) is 11.3 Å². The van der Waals surface area contributed by atoms with E-state index in [9.17, 15) is 4.79 Å². The molecule has 0 amide bonds. The van der Waals surface area contributed by atoms with Crippen molar-refractivity contribution in [3.8, 4) is 11.5 Å². The standard InChI is InChI=1S/C38H51NO3/c1-5-6-7-8-9-10-11-12-13-14-15-16-29-41-35-25-17-31(18-26-35)30-39-34-23-19-32(20-24-34)37(40)42-36-27-21-33(22-28-36)38(2,3)4/h17-28,30H,5-16,29H2,1-4H3. The molecule has 3 aromatic rings. The molecule has 42 heavy (non-hydrogen) atoms. The zero-order chi connectivity index (χ0) is 30.0. The normalized spacial score (nSPS) is 11.6. The number of esters is 1. The summed E-state index contributed by atoms with van der Waals surface area (Å²) in [6, 6.07) is 22.8. The summed E-state index contributed by atoms with van der Waals surface area (Å²) in [5, 5.41) is 0. The molecule has 0 saturated heterocycles. The van der Waals surface area contributed by atoms with E-state index in [0.717, 1.165) is 30.0 Å². The first-order valence-electron chi connectivity index (χ1n) is 16.0. The number of ether oxygens (including phenoxy) is 2. The highest BCUT2D eigenvalue weighted by Gasteiger charge is 2.14. The molecule has 0 fully saturated rings. The zero-order valence-corrected chi connectivity index (χ0v) is 26.4. The van der Waals surface area contributed by atoms with Gasteiger partial charge in [0.15, 0.2) is 0 Å². The van der Waals surface area contributed by atoms with Crippen LogP contribution in [0.15, 0.2) is 77.8 Å². The van der Waals surface area contributed by atoms with Crippen LogP contribution in [0.1, 0.15) is 126 Å². The number of nitrogens with zero attached hydrogens (tertiary/aromatic N) is 1. The molecule has 0 aromatic heterocycles. The Morgan fingerprint density at radius 2 is 1.19 bits per heavy atom. The monoisotopic (exact) mass is 569 g/mol. The molecule has 4 nitrogen and oxygen atoms in total. The van der Waals surface area contributed by atoms with Gasteiger partial charge < -0.3 is 9.47 Å². The average Bonchev–Trinajstić information content (AvgIpc) is 2.99. The second-order valence-electron chi connectivity index (χ2n) is 12.3. The van der Waals surface area contributed by atoms with E-state index >= 15 is 0 Å². The molecule has 0 N–H and O–H groups in total. The fourth-order valence-corrected chi connectivity index (χ4v) is 4.80. The Hall–Kier alpha value is -3.40. The van der Waals surface area contributed by atoms with Gasteiger partial charge in [0.2, 0.25) is 0 Å². The topological polar surface area (TPSA) is 47.9 Å². The van der Waals surface area contributed by atoms with Crippen molar-refractivity contribution in [3.05, 3.63) is 89.5 Å². The summed E-state index contributed by atoms with van der Waals surface area (Å²) in [6.45, 7) is 9.51. The van der Waals surface area contributed by atoms with Gasteiger partial charge in [-0.15, -0.1) is 0 Å². The molecule has 0 bridgehead atoms. The van der Waals surface area contributed by atoms with E-state index in [1.54, 1.807) is 12.1 Å². The quantitative estimate of drug-likeness (QED) is 0.0662. The summed E-state index contributed by atoms with van der Waals surface area (Å²) in [4.78, 5) is 17.1. The van der Waals surface area contributed by atoms with E-state index in [1.807, 2.05) is 66.9 Å². The molecule has 0 radical (unpaired) electrons. The smallest absolute Gasteiger partial charge is 0.343 e. The number of rotatable bonds is 18. The lowest BCUT2D eigenvalue weighted by Crippen LogP contribution is -2.11. The van der Waals surface area contributed by atoms with Crippen LogP contribution in [0.25, 0.3) is 0 Å². The lowest BCUT2D eigenvalue weighted by atomic mass is 9.87. The Morgan fingerprint density at radius 1 is 0.667 bits per heavy atom. The average molecular weight is 570 g/mol. The highest BCUT2D eigenvalue weighted by molar-refractivity contribution is 5.91. The number of benzene rings is 3. The van der Waals surface area contributed by atoms with Gasteiger partial charge in [-0.3, -0.25) is 4.99 Å². The summed E-state index contributed by atoms with van der Waals surface area (Å²) in [7, 11) is 0. The largest absolute Gasteiger partial charge is 0.494 e. The first-order chi connectivity index (χ1) is 20.3. The van der Waals surface area contributed by atoms with Crippen LogP contribution in [0, 0.1) is 0 Å². The van der Waals surface area contributed by atoms with Crippen LogP contribution in [-0.2, 0) is 5.41 Å². The van der Waals surface area contributed by atoms with Gasteiger partial charge in [0.25, 0.3) is 0 Å². The third-order valence-electron chi connectivity index (χ3n) is 7.54. The third kappa shape index (κ3) is 12.6. The minimum Gasteiger partial charge on any atom is -0.494 e. The molecule has 0 unspecified atom stereocenters. The molecular formula is C38H51NO3. The van der Waals surface area contributed by atoms with Crippen LogP contribution in [-0.4, -0.2) is 18.8 Å². The predicted octanol–water partition coefficient (Wildman–Crippen LogP) is 11.0. The third-order valence-corrected chi connectivity index (χ3v) is 7.54. The SMILES string of the molecule is CCCCCCCCCCCCCCOc1ccc(C=Nc2ccc(C(=O)Oc3ccc(C(C)(C)C)cc3)cc2)cc1. The van der Waals surface area contributed by atoms with Crippen molar-refractivity contribution in [2.24, 2.45) is 4.99 Å². The summed E-state index contributed by atoms with van der Waals surface area (Å²) in [6.07, 6.45) is 18.0.